The van der Waals surface area contributed by atoms with E-state index in [9.17, 15) is 4.79 Å². The minimum Gasteiger partial charge on any atom is -0.303 e. The molecule has 74 valence electrons. The van der Waals surface area contributed by atoms with Crippen molar-refractivity contribution in [1.29, 1.82) is 0 Å². The second-order valence-electron chi connectivity index (χ2n) is 3.52. The first kappa shape index (κ1) is 10.5. The van der Waals surface area contributed by atoms with Crippen molar-refractivity contribution in [3.63, 3.8) is 0 Å². The number of carbonyl (C=O) groups is 1. The third-order valence-electron chi connectivity index (χ3n) is 2.85. The average Bonchev–Trinajstić information content (AvgIpc) is 2.20. The van der Waals surface area contributed by atoms with Crippen LogP contribution >= 0.6 is 0 Å². The first-order chi connectivity index (χ1) is 6.33. The van der Waals surface area contributed by atoms with Crippen molar-refractivity contribution in [3.05, 3.63) is 12.2 Å². The molecule has 2 unspecified atom stereocenters. The Balaban J connectivity index is 2.67. The van der Waals surface area contributed by atoms with Crippen molar-refractivity contribution in [2.45, 2.75) is 32.7 Å². The van der Waals surface area contributed by atoms with Crippen molar-refractivity contribution >= 4 is 6.29 Å². The first-order valence-electron chi connectivity index (χ1n) is 5.19. The van der Waals surface area contributed by atoms with Gasteiger partial charge in [0.15, 0.2) is 0 Å². The molecule has 0 aromatic heterocycles. The molecule has 0 spiro atoms. The van der Waals surface area contributed by atoms with E-state index in [4.69, 9.17) is 0 Å². The molecular formula is C11H19NO. The van der Waals surface area contributed by atoms with Crippen LogP contribution in [0.3, 0.4) is 0 Å². The van der Waals surface area contributed by atoms with Crippen molar-refractivity contribution in [3.8, 4) is 0 Å². The third kappa shape index (κ3) is 2.41. The van der Waals surface area contributed by atoms with E-state index >= 15 is 0 Å². The van der Waals surface area contributed by atoms with Crippen LogP contribution in [-0.2, 0) is 4.79 Å². The molecule has 0 fully saturated rings. The smallest absolute Gasteiger partial charge is 0.124 e. The van der Waals surface area contributed by atoms with Crippen molar-refractivity contribution in [2.75, 3.05) is 13.1 Å². The Kier molecular flexibility index (Phi) is 4.16. The van der Waals surface area contributed by atoms with Gasteiger partial charge in [-0.3, -0.25) is 4.90 Å². The summed E-state index contributed by atoms with van der Waals surface area (Å²) in [5, 5.41) is 0. The largest absolute Gasteiger partial charge is 0.303 e. The van der Waals surface area contributed by atoms with Crippen LogP contribution in [0.1, 0.15) is 26.7 Å². The highest BCUT2D eigenvalue weighted by atomic mass is 16.1. The molecule has 13 heavy (non-hydrogen) atoms. The summed E-state index contributed by atoms with van der Waals surface area (Å²) < 4.78 is 0. The van der Waals surface area contributed by atoms with Crippen LogP contribution in [0.4, 0.5) is 0 Å². The van der Waals surface area contributed by atoms with Gasteiger partial charge in [0.1, 0.15) is 6.29 Å². The van der Waals surface area contributed by atoms with E-state index in [1.165, 1.54) is 0 Å². The minimum absolute atomic E-state index is 0.213. The topological polar surface area (TPSA) is 20.3 Å². The van der Waals surface area contributed by atoms with Crippen molar-refractivity contribution in [2.24, 2.45) is 5.92 Å². The predicted octanol–water partition coefficient (Wildman–Crippen LogP) is 1.86. The number of rotatable bonds is 4. The molecule has 1 aliphatic carbocycles. The Bertz CT molecular complexity index is 185. The molecule has 0 bridgehead atoms. The first-order valence-corrected chi connectivity index (χ1v) is 5.19. The molecule has 1 rings (SSSR count). The Morgan fingerprint density at radius 2 is 2.15 bits per heavy atom. The lowest BCUT2D eigenvalue weighted by molar-refractivity contribution is -0.112. The fraction of sp³-hybridized carbons (Fsp3) is 0.727. The van der Waals surface area contributed by atoms with Gasteiger partial charge in [0, 0.05) is 12.0 Å². The Morgan fingerprint density at radius 3 is 2.69 bits per heavy atom. The SMILES string of the molecule is CCN(CC)C1C=CCCC1C=O. The van der Waals surface area contributed by atoms with Crippen molar-refractivity contribution < 1.29 is 4.79 Å². The van der Waals surface area contributed by atoms with E-state index in [0.717, 1.165) is 32.2 Å². The second-order valence-corrected chi connectivity index (χ2v) is 3.52. The number of nitrogens with zero attached hydrogens (tertiary/aromatic N) is 1. The monoisotopic (exact) mass is 181 g/mol. The van der Waals surface area contributed by atoms with E-state index in [2.05, 4.69) is 30.9 Å². The van der Waals surface area contributed by atoms with Crippen LogP contribution < -0.4 is 0 Å². The molecule has 0 saturated heterocycles. The molecule has 0 radical (unpaired) electrons. The molecule has 2 heteroatoms. The van der Waals surface area contributed by atoms with Crippen LogP contribution in [0, 0.1) is 5.92 Å². The molecule has 0 amide bonds. The maximum absolute atomic E-state index is 10.8. The Labute approximate surface area is 80.6 Å². The van der Waals surface area contributed by atoms with Gasteiger partial charge in [-0.05, 0) is 25.9 Å². The maximum Gasteiger partial charge on any atom is 0.124 e. The summed E-state index contributed by atoms with van der Waals surface area (Å²) >= 11 is 0. The summed E-state index contributed by atoms with van der Waals surface area (Å²) in [6, 6.07) is 0.348. The van der Waals surface area contributed by atoms with Gasteiger partial charge in [0.2, 0.25) is 0 Å². The van der Waals surface area contributed by atoms with Gasteiger partial charge in [-0.25, -0.2) is 0 Å². The van der Waals surface area contributed by atoms with E-state index in [1.807, 2.05) is 0 Å². The van der Waals surface area contributed by atoms with Gasteiger partial charge >= 0.3 is 0 Å². The number of carbonyl (C=O) groups excluding carboxylic acids is 1. The van der Waals surface area contributed by atoms with Gasteiger partial charge in [0.05, 0.1) is 0 Å². The molecule has 0 saturated carbocycles. The van der Waals surface area contributed by atoms with Gasteiger partial charge in [-0.1, -0.05) is 26.0 Å². The fourth-order valence-electron chi connectivity index (χ4n) is 2.02. The zero-order valence-electron chi connectivity index (χ0n) is 8.57. The van der Waals surface area contributed by atoms with Crippen LogP contribution in [0.5, 0.6) is 0 Å². The quantitative estimate of drug-likeness (QED) is 0.487. The average molecular weight is 181 g/mol. The highest BCUT2D eigenvalue weighted by Crippen LogP contribution is 2.21. The van der Waals surface area contributed by atoms with Gasteiger partial charge < -0.3 is 4.79 Å². The predicted molar refractivity (Wildman–Crippen MR) is 54.6 cm³/mol. The molecule has 1 aliphatic rings. The zero-order valence-corrected chi connectivity index (χ0v) is 8.57. The summed E-state index contributed by atoms with van der Waals surface area (Å²) in [5.41, 5.74) is 0. The van der Waals surface area contributed by atoms with Gasteiger partial charge in [-0.2, -0.15) is 0 Å². The van der Waals surface area contributed by atoms with Gasteiger partial charge in [0.25, 0.3) is 0 Å². The van der Waals surface area contributed by atoms with E-state index in [-0.39, 0.29) is 5.92 Å². The second kappa shape index (κ2) is 5.18. The molecule has 0 aromatic carbocycles. The summed E-state index contributed by atoms with van der Waals surface area (Å²) in [7, 11) is 0. The lowest BCUT2D eigenvalue weighted by Gasteiger charge is -2.33. The van der Waals surface area contributed by atoms with E-state index < -0.39 is 0 Å². The van der Waals surface area contributed by atoms with Crippen molar-refractivity contribution in [1.82, 2.24) is 4.90 Å². The highest BCUT2D eigenvalue weighted by molar-refractivity contribution is 5.56. The number of hydrogen-bond donors (Lipinski definition) is 0. The Morgan fingerprint density at radius 1 is 1.46 bits per heavy atom. The standard InChI is InChI=1S/C11H19NO/c1-3-12(4-2)11-8-6-5-7-10(11)9-13/h6,8-11H,3-5,7H2,1-2H3. The Hall–Kier alpha value is -0.630. The van der Waals surface area contributed by atoms with Crippen LogP contribution in [0.15, 0.2) is 12.2 Å². The number of aldehydes is 1. The molecule has 0 aromatic rings. The molecule has 0 heterocycles. The van der Waals surface area contributed by atoms with Gasteiger partial charge in [-0.15, -0.1) is 0 Å². The summed E-state index contributed by atoms with van der Waals surface area (Å²) in [5.74, 6) is 0.213. The molecule has 2 nitrogen and oxygen atoms in total. The number of allylic oxidation sites excluding steroid dienone is 1. The maximum atomic E-state index is 10.8. The van der Waals surface area contributed by atoms with E-state index in [1.54, 1.807) is 0 Å². The minimum atomic E-state index is 0.213. The number of hydrogen-bond acceptors (Lipinski definition) is 2. The van der Waals surface area contributed by atoms with Crippen LogP contribution in [0.2, 0.25) is 0 Å². The summed E-state index contributed by atoms with van der Waals surface area (Å²) in [4.78, 5) is 13.2. The lowest BCUT2D eigenvalue weighted by atomic mass is 9.89. The zero-order chi connectivity index (χ0) is 9.68. The fourth-order valence-corrected chi connectivity index (χ4v) is 2.02. The lowest BCUT2D eigenvalue weighted by Crippen LogP contribution is -2.40. The van der Waals surface area contributed by atoms with Crippen LogP contribution in [0.25, 0.3) is 0 Å². The summed E-state index contributed by atoms with van der Waals surface area (Å²) in [6.45, 7) is 6.34. The molecule has 0 aliphatic heterocycles. The third-order valence-corrected chi connectivity index (χ3v) is 2.85. The highest BCUT2D eigenvalue weighted by Gasteiger charge is 2.24. The molecular weight excluding hydrogens is 162 g/mol. The molecule has 0 N–H and O–H groups in total. The normalized spacial score (nSPS) is 27.9. The van der Waals surface area contributed by atoms with Crippen LogP contribution in [-0.4, -0.2) is 30.3 Å². The van der Waals surface area contributed by atoms with E-state index in [0.29, 0.717) is 6.04 Å². The number of likely N-dealkylation sites (N-methyl/N-ethyl adjacent to an activating group) is 1. The molecule has 2 atom stereocenters. The summed E-state index contributed by atoms with van der Waals surface area (Å²) in [6.07, 6.45) is 7.58.